The summed E-state index contributed by atoms with van der Waals surface area (Å²) in [5, 5.41) is 3.47. The third-order valence-corrected chi connectivity index (χ3v) is 10.9. The molecule has 0 saturated carbocycles. The van der Waals surface area contributed by atoms with Crippen LogP contribution in [0, 0.1) is 0 Å². The maximum absolute atomic E-state index is 14.6. The van der Waals surface area contributed by atoms with E-state index in [1.165, 1.54) is 0 Å². The van der Waals surface area contributed by atoms with E-state index in [9.17, 15) is 4.57 Å². The molecule has 5 atom stereocenters. The molecule has 62 heavy (non-hydrogen) atoms. The van der Waals surface area contributed by atoms with Gasteiger partial charge in [-0.1, -0.05) is 157 Å². The maximum atomic E-state index is 14.6. The van der Waals surface area contributed by atoms with Crippen LogP contribution in [0.5, 0.6) is 0 Å². The average molecular weight is 868 g/mol. The summed E-state index contributed by atoms with van der Waals surface area (Å²) in [4.78, 5) is 2.73. The minimum atomic E-state index is -4.24. The van der Waals surface area contributed by atoms with Gasteiger partial charge in [0, 0.05) is 11.5 Å². The van der Waals surface area contributed by atoms with Gasteiger partial charge in [-0.25, -0.2) is 4.57 Å². The van der Waals surface area contributed by atoms with E-state index in [4.69, 9.17) is 52.3 Å². The van der Waals surface area contributed by atoms with Crippen molar-refractivity contribution in [3.63, 3.8) is 0 Å². The summed E-state index contributed by atoms with van der Waals surface area (Å²) in [6, 6.07) is 48.1. The molecule has 15 heteroatoms. The number of azide groups is 1. The second-order valence-corrected chi connectivity index (χ2v) is 15.8. The number of nitrogens with zero attached hydrogens (tertiary/aromatic N) is 3. The van der Waals surface area contributed by atoms with Crippen molar-refractivity contribution >= 4 is 7.82 Å². The monoisotopic (exact) mass is 867 g/mol. The number of hydrogen-bond acceptors (Lipinski definition) is 12. The van der Waals surface area contributed by atoms with Gasteiger partial charge in [0.05, 0.1) is 72.7 Å². The lowest BCUT2D eigenvalue weighted by Crippen LogP contribution is -2.61. The standard InChI is InChI=1S/C47H54N3O11P/c48-50-49-26-27-52-28-29-53-30-31-54-47-46(57-34-40-20-10-3-11-21-40)45(56-33-39-18-8-2-9-19-39)44(55-32-38-16-6-1-7-17-38)43(61-47)37-60-62(51,58-35-41-22-12-4-13-23-41)59-36-42-24-14-5-15-25-42/h1-25,43-47H,26-37H2/t43-,44-,45+,46+,47?/m1/s1. The molecule has 0 N–H and O–H groups in total. The van der Waals surface area contributed by atoms with E-state index in [1.54, 1.807) is 0 Å². The summed E-state index contributed by atoms with van der Waals surface area (Å²) in [5.41, 5.74) is 12.9. The first-order valence-corrected chi connectivity index (χ1v) is 22.1. The van der Waals surface area contributed by atoms with E-state index in [0.717, 1.165) is 27.8 Å². The number of phosphoric acid groups is 1. The van der Waals surface area contributed by atoms with Crippen LogP contribution in [0.25, 0.3) is 10.4 Å². The van der Waals surface area contributed by atoms with Gasteiger partial charge in [0.25, 0.3) is 0 Å². The third kappa shape index (κ3) is 16.2. The largest absolute Gasteiger partial charge is 0.475 e. The summed E-state index contributed by atoms with van der Waals surface area (Å²) in [7, 11) is -4.24. The van der Waals surface area contributed by atoms with Gasteiger partial charge in [-0.2, -0.15) is 0 Å². The van der Waals surface area contributed by atoms with Crippen molar-refractivity contribution in [3.05, 3.63) is 190 Å². The average Bonchev–Trinajstić information content (AvgIpc) is 3.32. The fraction of sp³-hybridized carbons (Fsp3) is 0.362. The van der Waals surface area contributed by atoms with Crippen molar-refractivity contribution in [1.29, 1.82) is 0 Å². The van der Waals surface area contributed by atoms with Crippen molar-refractivity contribution in [3.8, 4) is 0 Å². The molecule has 328 valence electrons. The van der Waals surface area contributed by atoms with E-state index in [-0.39, 0.29) is 59.4 Å². The first-order valence-electron chi connectivity index (χ1n) is 20.6. The van der Waals surface area contributed by atoms with Gasteiger partial charge >= 0.3 is 7.82 Å². The Balaban J connectivity index is 1.26. The Bertz CT molecular complexity index is 2010. The minimum Gasteiger partial charge on any atom is -0.379 e. The number of hydrogen-bond donors (Lipinski definition) is 0. The third-order valence-electron chi connectivity index (χ3n) is 9.59. The van der Waals surface area contributed by atoms with Crippen LogP contribution in [0.3, 0.4) is 0 Å². The molecular weight excluding hydrogens is 814 g/mol. The Morgan fingerprint density at radius 1 is 0.484 bits per heavy atom. The zero-order chi connectivity index (χ0) is 42.9. The Kier molecular flexibility index (Phi) is 20.1. The lowest BCUT2D eigenvalue weighted by molar-refractivity contribution is -0.327. The molecule has 14 nitrogen and oxygen atoms in total. The van der Waals surface area contributed by atoms with Gasteiger partial charge in [-0.15, -0.1) is 0 Å². The quantitative estimate of drug-likeness (QED) is 0.0155. The molecule has 0 bridgehead atoms. The number of rotatable bonds is 28. The van der Waals surface area contributed by atoms with E-state index < -0.39 is 38.5 Å². The maximum Gasteiger partial charge on any atom is 0.475 e. The van der Waals surface area contributed by atoms with E-state index >= 15 is 0 Å². The molecule has 1 fully saturated rings. The van der Waals surface area contributed by atoms with Crippen molar-refractivity contribution < 1.29 is 51.3 Å². The summed E-state index contributed by atoms with van der Waals surface area (Å²) >= 11 is 0. The summed E-state index contributed by atoms with van der Waals surface area (Å²) in [6.45, 7) is 1.84. The summed E-state index contributed by atoms with van der Waals surface area (Å²) in [5.74, 6) is 0. The van der Waals surface area contributed by atoms with E-state index in [1.807, 2.05) is 152 Å². The molecule has 5 aromatic rings. The normalized spacial score (nSPS) is 18.9. The van der Waals surface area contributed by atoms with Crippen molar-refractivity contribution in [2.24, 2.45) is 5.11 Å². The molecule has 1 saturated heterocycles. The highest BCUT2D eigenvalue weighted by atomic mass is 31.2. The molecule has 0 aromatic heterocycles. The highest BCUT2D eigenvalue weighted by Gasteiger charge is 2.50. The molecule has 1 heterocycles. The molecule has 0 spiro atoms. The fourth-order valence-electron chi connectivity index (χ4n) is 6.44. The first kappa shape index (κ1) is 46.7. The predicted octanol–water partition coefficient (Wildman–Crippen LogP) is 9.39. The van der Waals surface area contributed by atoms with Crippen LogP contribution in [0.1, 0.15) is 27.8 Å². The van der Waals surface area contributed by atoms with E-state index in [2.05, 4.69) is 10.0 Å². The fourth-order valence-corrected chi connectivity index (χ4v) is 7.61. The van der Waals surface area contributed by atoms with Gasteiger partial charge in [0.1, 0.15) is 24.4 Å². The molecule has 0 amide bonds. The zero-order valence-electron chi connectivity index (χ0n) is 34.6. The van der Waals surface area contributed by atoms with Crippen LogP contribution in [0.15, 0.2) is 157 Å². The molecule has 1 aliphatic rings. The lowest BCUT2D eigenvalue weighted by atomic mass is 9.98. The highest BCUT2D eigenvalue weighted by molar-refractivity contribution is 7.48. The topological polar surface area (TPSA) is 158 Å². The zero-order valence-corrected chi connectivity index (χ0v) is 35.5. The highest BCUT2D eigenvalue weighted by Crippen LogP contribution is 2.51. The van der Waals surface area contributed by atoms with Gasteiger partial charge < -0.3 is 33.2 Å². The summed E-state index contributed by atoms with van der Waals surface area (Å²) < 4.78 is 77.4. The van der Waals surface area contributed by atoms with Gasteiger partial charge in [0.15, 0.2) is 6.29 Å². The minimum absolute atomic E-state index is 0.0187. The van der Waals surface area contributed by atoms with Crippen LogP contribution in [0.4, 0.5) is 0 Å². The van der Waals surface area contributed by atoms with E-state index in [0.29, 0.717) is 19.8 Å². The lowest BCUT2D eigenvalue weighted by Gasteiger charge is -2.46. The molecular formula is C47H54N3O11P. The Morgan fingerprint density at radius 3 is 1.35 bits per heavy atom. The van der Waals surface area contributed by atoms with Crippen molar-refractivity contribution in [2.75, 3.05) is 46.2 Å². The molecule has 0 radical (unpaired) electrons. The van der Waals surface area contributed by atoms with Crippen LogP contribution in [-0.4, -0.2) is 76.9 Å². The van der Waals surface area contributed by atoms with Crippen LogP contribution in [0.2, 0.25) is 0 Å². The van der Waals surface area contributed by atoms with Gasteiger partial charge in [-0.05, 0) is 33.3 Å². The first-order chi connectivity index (χ1) is 30.6. The number of benzene rings is 5. The summed E-state index contributed by atoms with van der Waals surface area (Å²) in [6.07, 6.45) is -4.34. The predicted molar refractivity (Wildman–Crippen MR) is 231 cm³/mol. The molecule has 1 aliphatic heterocycles. The number of phosphoric ester groups is 1. The van der Waals surface area contributed by atoms with Gasteiger partial charge in [-0.3, -0.25) is 13.6 Å². The van der Waals surface area contributed by atoms with Crippen LogP contribution in [-0.2, 0) is 84.3 Å². The molecule has 1 unspecified atom stereocenters. The Morgan fingerprint density at radius 2 is 0.887 bits per heavy atom. The Hall–Kier alpha value is -4.76. The van der Waals surface area contributed by atoms with Crippen molar-refractivity contribution in [2.45, 2.75) is 63.7 Å². The van der Waals surface area contributed by atoms with Crippen molar-refractivity contribution in [1.82, 2.24) is 0 Å². The second-order valence-electron chi connectivity index (χ2n) is 14.1. The van der Waals surface area contributed by atoms with Gasteiger partial charge in [0.2, 0.25) is 0 Å². The molecule has 0 aliphatic carbocycles. The smallest absolute Gasteiger partial charge is 0.379 e. The molecule has 5 aromatic carbocycles. The van der Waals surface area contributed by atoms with Crippen LogP contribution < -0.4 is 0 Å². The number of ether oxygens (including phenoxy) is 7. The Labute approximate surface area is 363 Å². The van der Waals surface area contributed by atoms with Crippen LogP contribution >= 0.6 is 7.82 Å². The second kappa shape index (κ2) is 26.7. The molecule has 6 rings (SSSR count). The SMILES string of the molecule is [N-]=[N+]=NCCOCCOCCOC1O[C@H](COP(=O)(OCc2ccccc2)OCc2ccccc2)[C@@H](OCc2ccccc2)[C@H](OCc2ccccc2)[C@@H]1OCc1ccccc1.